The van der Waals surface area contributed by atoms with Crippen LogP contribution in [-0.4, -0.2) is 19.4 Å². The molecule has 2 heterocycles. The second kappa shape index (κ2) is 2.94. The van der Waals surface area contributed by atoms with Crippen molar-refractivity contribution in [3.05, 3.63) is 30.7 Å². The van der Waals surface area contributed by atoms with Crippen molar-refractivity contribution in [1.82, 2.24) is 19.4 Å². The Bertz CT molecular complexity index is 370. The van der Waals surface area contributed by atoms with Crippen molar-refractivity contribution in [2.75, 3.05) is 0 Å². The van der Waals surface area contributed by atoms with Crippen molar-refractivity contribution < 1.29 is 0 Å². The second-order valence-corrected chi connectivity index (χ2v) is 2.67. The van der Waals surface area contributed by atoms with Crippen LogP contribution < -0.4 is 0 Å². The molecule has 4 nitrogen and oxygen atoms in total. The van der Waals surface area contributed by atoms with Gasteiger partial charge < -0.3 is 0 Å². The molecule has 0 unspecified atom stereocenters. The SMILES string of the molecule is Sn1cc(-c2ccncc2)nn1. The van der Waals surface area contributed by atoms with Crippen LogP contribution in [0, 0.1) is 0 Å². The highest BCUT2D eigenvalue weighted by Crippen LogP contribution is 2.13. The minimum atomic E-state index is 0.799. The fourth-order valence-electron chi connectivity index (χ4n) is 0.910. The maximum Gasteiger partial charge on any atom is 0.114 e. The van der Waals surface area contributed by atoms with Crippen LogP contribution in [-0.2, 0) is 0 Å². The molecule has 0 saturated carbocycles. The molecule has 0 spiro atoms. The van der Waals surface area contributed by atoms with Gasteiger partial charge in [0.1, 0.15) is 5.69 Å². The molecule has 5 heteroatoms. The zero-order chi connectivity index (χ0) is 8.39. The first-order valence-electron chi connectivity index (χ1n) is 3.38. The van der Waals surface area contributed by atoms with E-state index in [0.717, 1.165) is 11.3 Å². The molecule has 0 amide bonds. The Morgan fingerprint density at radius 1 is 1.25 bits per heavy atom. The van der Waals surface area contributed by atoms with E-state index in [0.29, 0.717) is 0 Å². The number of rotatable bonds is 1. The van der Waals surface area contributed by atoms with E-state index in [9.17, 15) is 0 Å². The summed E-state index contributed by atoms with van der Waals surface area (Å²) >= 11 is 3.98. The van der Waals surface area contributed by atoms with Crippen LogP contribution in [0.25, 0.3) is 11.3 Å². The third-order valence-electron chi connectivity index (χ3n) is 1.46. The van der Waals surface area contributed by atoms with E-state index in [1.807, 2.05) is 12.1 Å². The molecular weight excluding hydrogens is 172 g/mol. The van der Waals surface area contributed by atoms with Crippen molar-refractivity contribution in [3.8, 4) is 11.3 Å². The van der Waals surface area contributed by atoms with Gasteiger partial charge in [-0.15, -0.1) is 5.10 Å². The van der Waals surface area contributed by atoms with E-state index in [-0.39, 0.29) is 0 Å². The van der Waals surface area contributed by atoms with Crippen LogP contribution in [0.4, 0.5) is 0 Å². The number of pyridine rings is 1. The van der Waals surface area contributed by atoms with Crippen LogP contribution in [0.2, 0.25) is 0 Å². The van der Waals surface area contributed by atoms with E-state index in [2.05, 4.69) is 28.1 Å². The van der Waals surface area contributed by atoms with Gasteiger partial charge in [-0.2, -0.15) is 4.09 Å². The zero-order valence-corrected chi connectivity index (χ0v) is 7.02. The molecule has 60 valence electrons. The third kappa shape index (κ3) is 1.31. The lowest BCUT2D eigenvalue weighted by molar-refractivity contribution is 0.898. The summed E-state index contributed by atoms with van der Waals surface area (Å²) in [5.74, 6) is 0. The monoisotopic (exact) mass is 178 g/mol. The molecule has 2 rings (SSSR count). The first-order valence-corrected chi connectivity index (χ1v) is 3.78. The van der Waals surface area contributed by atoms with Crippen LogP contribution in [0.5, 0.6) is 0 Å². The molecule has 0 atom stereocenters. The van der Waals surface area contributed by atoms with Gasteiger partial charge >= 0.3 is 0 Å². The molecule has 0 saturated heterocycles. The van der Waals surface area contributed by atoms with Gasteiger partial charge in [0.05, 0.1) is 6.20 Å². The number of aromatic nitrogens is 4. The molecule has 0 aliphatic carbocycles. The Morgan fingerprint density at radius 2 is 2.00 bits per heavy atom. The molecule has 0 aromatic carbocycles. The summed E-state index contributed by atoms with van der Waals surface area (Å²) in [6.45, 7) is 0. The standard InChI is InChI=1S/C7H6N4S/c12-11-5-7(9-10-11)6-1-3-8-4-2-6/h1-5,12H. The highest BCUT2D eigenvalue weighted by Gasteiger charge is 1.99. The highest BCUT2D eigenvalue weighted by atomic mass is 32.1. The zero-order valence-electron chi connectivity index (χ0n) is 6.12. The van der Waals surface area contributed by atoms with Crippen molar-refractivity contribution in [1.29, 1.82) is 0 Å². The molecule has 12 heavy (non-hydrogen) atoms. The molecule has 0 aliphatic rings. The van der Waals surface area contributed by atoms with Gasteiger partial charge in [-0.1, -0.05) is 5.21 Å². The fraction of sp³-hybridized carbons (Fsp3) is 0. The molecule has 0 aliphatic heterocycles. The van der Waals surface area contributed by atoms with Crippen molar-refractivity contribution in [2.24, 2.45) is 0 Å². The van der Waals surface area contributed by atoms with E-state index in [4.69, 9.17) is 0 Å². The maximum absolute atomic E-state index is 3.98. The number of thiol groups is 1. The van der Waals surface area contributed by atoms with E-state index >= 15 is 0 Å². The van der Waals surface area contributed by atoms with Crippen LogP contribution in [0.3, 0.4) is 0 Å². The normalized spacial score (nSPS) is 10.1. The summed E-state index contributed by atoms with van der Waals surface area (Å²) in [7, 11) is 0. The van der Waals surface area contributed by atoms with E-state index < -0.39 is 0 Å². The third-order valence-corrected chi connectivity index (χ3v) is 1.65. The van der Waals surface area contributed by atoms with Crippen molar-refractivity contribution >= 4 is 12.8 Å². The second-order valence-electron chi connectivity index (χ2n) is 2.26. The van der Waals surface area contributed by atoms with Gasteiger partial charge in [0.2, 0.25) is 0 Å². The first-order chi connectivity index (χ1) is 5.86. The van der Waals surface area contributed by atoms with Crippen molar-refractivity contribution in [3.63, 3.8) is 0 Å². The fourth-order valence-corrected chi connectivity index (χ4v) is 1.06. The van der Waals surface area contributed by atoms with Crippen LogP contribution in [0.15, 0.2) is 30.7 Å². The lowest BCUT2D eigenvalue weighted by Gasteiger charge is -1.90. The number of hydrogen-bond acceptors (Lipinski definition) is 4. The molecular formula is C7H6N4S. The van der Waals surface area contributed by atoms with Gasteiger partial charge in [-0.05, 0) is 24.9 Å². The number of nitrogens with zero attached hydrogens (tertiary/aromatic N) is 4. The topological polar surface area (TPSA) is 43.6 Å². The van der Waals surface area contributed by atoms with Gasteiger partial charge in [-0.3, -0.25) is 4.98 Å². The molecule has 0 N–H and O–H groups in total. The Hall–Kier alpha value is -1.36. The van der Waals surface area contributed by atoms with Crippen LogP contribution >= 0.6 is 12.8 Å². The minimum absolute atomic E-state index is 0.799. The molecule has 0 radical (unpaired) electrons. The van der Waals surface area contributed by atoms with Gasteiger partial charge in [0, 0.05) is 18.0 Å². The predicted octanol–water partition coefficient (Wildman–Crippen LogP) is 1.03. The molecule has 0 bridgehead atoms. The largest absolute Gasteiger partial charge is 0.265 e. The summed E-state index contributed by atoms with van der Waals surface area (Å²) in [5, 5.41) is 7.60. The maximum atomic E-state index is 3.98. The van der Waals surface area contributed by atoms with Crippen molar-refractivity contribution in [2.45, 2.75) is 0 Å². The van der Waals surface area contributed by atoms with Gasteiger partial charge in [-0.25, -0.2) is 0 Å². The Balaban J connectivity index is 2.45. The minimum Gasteiger partial charge on any atom is -0.265 e. The van der Waals surface area contributed by atoms with Gasteiger partial charge in [0.15, 0.2) is 0 Å². The Morgan fingerprint density at radius 3 is 2.58 bits per heavy atom. The highest BCUT2D eigenvalue weighted by molar-refractivity contribution is 7.78. The lowest BCUT2D eigenvalue weighted by atomic mass is 10.2. The summed E-state index contributed by atoms with van der Waals surface area (Å²) in [6, 6.07) is 3.75. The summed E-state index contributed by atoms with van der Waals surface area (Å²) in [5.41, 5.74) is 1.79. The average Bonchev–Trinajstić information content (AvgIpc) is 2.54. The molecule has 2 aromatic heterocycles. The predicted molar refractivity (Wildman–Crippen MR) is 47.6 cm³/mol. The number of hydrogen-bond donors (Lipinski definition) is 1. The van der Waals surface area contributed by atoms with Gasteiger partial charge in [0.25, 0.3) is 0 Å². The van der Waals surface area contributed by atoms with E-state index in [1.165, 1.54) is 4.09 Å². The summed E-state index contributed by atoms with van der Waals surface area (Å²) in [4.78, 5) is 3.90. The van der Waals surface area contributed by atoms with Crippen LogP contribution in [0.1, 0.15) is 0 Å². The average molecular weight is 178 g/mol. The summed E-state index contributed by atoms with van der Waals surface area (Å²) < 4.78 is 1.37. The quantitative estimate of drug-likeness (QED) is 0.663. The Labute approximate surface area is 74.8 Å². The summed E-state index contributed by atoms with van der Waals surface area (Å²) in [6.07, 6.45) is 5.16. The van der Waals surface area contributed by atoms with E-state index in [1.54, 1.807) is 18.6 Å². The smallest absolute Gasteiger partial charge is 0.114 e. The first kappa shape index (κ1) is 7.30. The molecule has 0 fully saturated rings. The Kier molecular flexibility index (Phi) is 1.79. The molecule has 2 aromatic rings. The lowest BCUT2D eigenvalue weighted by Crippen LogP contribution is -1.78.